The van der Waals surface area contributed by atoms with Crippen molar-refractivity contribution in [3.63, 3.8) is 0 Å². The van der Waals surface area contributed by atoms with Gasteiger partial charge in [-0.1, -0.05) is 24.3 Å². The molecule has 4 aromatic rings. The number of nitrogens with two attached hydrogens (primary N) is 1. The van der Waals surface area contributed by atoms with Crippen LogP contribution < -0.4 is 5.73 Å². The number of rotatable bonds is 1. The van der Waals surface area contributed by atoms with Crippen LogP contribution in [0.4, 0.5) is 5.69 Å². The Morgan fingerprint density at radius 2 is 1.86 bits per heavy atom. The van der Waals surface area contributed by atoms with Crippen LogP contribution in [0.3, 0.4) is 0 Å². The molecule has 0 aliphatic heterocycles. The van der Waals surface area contributed by atoms with Crippen LogP contribution in [0.1, 0.15) is 5.69 Å². The van der Waals surface area contributed by atoms with Crippen molar-refractivity contribution in [3.05, 3.63) is 60.3 Å². The molecule has 0 fully saturated rings. The average molecular weight is 273 g/mol. The molecule has 3 N–H and O–H groups in total. The van der Waals surface area contributed by atoms with E-state index in [1.165, 1.54) is 5.39 Å². The normalized spacial score (nSPS) is 11.3. The fraction of sp³-hybridized carbons (Fsp3) is 0.0556. The highest BCUT2D eigenvalue weighted by molar-refractivity contribution is 5.93. The molecule has 0 aliphatic rings. The molecular weight excluding hydrogens is 258 g/mol. The number of nitrogens with zero attached hydrogens (tertiary/aromatic N) is 1. The number of nitrogens with one attached hydrogen (secondary N) is 1. The lowest BCUT2D eigenvalue weighted by Crippen LogP contribution is -1.92. The molecule has 3 nitrogen and oxygen atoms in total. The highest BCUT2D eigenvalue weighted by Crippen LogP contribution is 2.28. The zero-order valence-electron chi connectivity index (χ0n) is 11.7. The highest BCUT2D eigenvalue weighted by atomic mass is 14.7. The van der Waals surface area contributed by atoms with E-state index in [-0.39, 0.29) is 0 Å². The number of hydrogen-bond donors (Lipinski definition) is 2. The van der Waals surface area contributed by atoms with Gasteiger partial charge < -0.3 is 10.7 Å². The van der Waals surface area contributed by atoms with E-state index in [9.17, 15) is 0 Å². The van der Waals surface area contributed by atoms with E-state index in [0.29, 0.717) is 0 Å². The molecule has 3 heteroatoms. The summed E-state index contributed by atoms with van der Waals surface area (Å²) < 4.78 is 0. The summed E-state index contributed by atoms with van der Waals surface area (Å²) in [5.41, 5.74) is 12.2. The monoisotopic (exact) mass is 273 g/mol. The SMILES string of the molecule is Cc1cc2cc(-c3cc(N)c4ccccc4n3)ccc2[nH]1. The van der Waals surface area contributed by atoms with Gasteiger partial charge in [0.15, 0.2) is 0 Å². The van der Waals surface area contributed by atoms with Crippen molar-refractivity contribution < 1.29 is 0 Å². The Morgan fingerprint density at radius 3 is 2.76 bits per heavy atom. The van der Waals surface area contributed by atoms with E-state index in [2.05, 4.69) is 36.2 Å². The first-order chi connectivity index (χ1) is 10.2. The van der Waals surface area contributed by atoms with Crippen LogP contribution >= 0.6 is 0 Å². The number of aryl methyl sites for hydroxylation is 1. The second kappa shape index (κ2) is 4.35. The maximum Gasteiger partial charge on any atom is 0.0730 e. The molecule has 0 atom stereocenters. The van der Waals surface area contributed by atoms with Crippen molar-refractivity contribution in [2.75, 3.05) is 5.73 Å². The summed E-state index contributed by atoms with van der Waals surface area (Å²) in [6.07, 6.45) is 0. The molecule has 0 aliphatic carbocycles. The number of H-pyrrole nitrogens is 1. The topological polar surface area (TPSA) is 54.7 Å². The molecule has 0 radical (unpaired) electrons. The molecule has 0 saturated heterocycles. The fourth-order valence-corrected chi connectivity index (χ4v) is 2.79. The minimum Gasteiger partial charge on any atom is -0.398 e. The number of hydrogen-bond acceptors (Lipinski definition) is 2. The smallest absolute Gasteiger partial charge is 0.0730 e. The number of aromatic amines is 1. The van der Waals surface area contributed by atoms with Crippen LogP contribution in [-0.2, 0) is 0 Å². The van der Waals surface area contributed by atoms with Crippen LogP contribution in [0.2, 0.25) is 0 Å². The van der Waals surface area contributed by atoms with Crippen LogP contribution in [0.25, 0.3) is 33.1 Å². The minimum absolute atomic E-state index is 0.765. The molecule has 4 rings (SSSR count). The van der Waals surface area contributed by atoms with Gasteiger partial charge in [-0.25, -0.2) is 4.98 Å². The number of nitrogen functional groups attached to an aromatic ring is 1. The minimum atomic E-state index is 0.765. The number of aromatic nitrogens is 2. The van der Waals surface area contributed by atoms with E-state index in [4.69, 9.17) is 10.7 Å². The van der Waals surface area contributed by atoms with Gasteiger partial charge in [-0.05, 0) is 37.3 Å². The summed E-state index contributed by atoms with van der Waals surface area (Å²) in [5.74, 6) is 0. The first-order valence-corrected chi connectivity index (χ1v) is 6.96. The molecule has 0 bridgehead atoms. The first-order valence-electron chi connectivity index (χ1n) is 6.96. The predicted octanol–water partition coefficient (Wildman–Crippen LogP) is 4.27. The van der Waals surface area contributed by atoms with Crippen LogP contribution in [-0.4, -0.2) is 9.97 Å². The lowest BCUT2D eigenvalue weighted by atomic mass is 10.1. The molecule has 0 unspecified atom stereocenters. The molecule has 0 amide bonds. The second-order valence-corrected chi connectivity index (χ2v) is 5.37. The van der Waals surface area contributed by atoms with Gasteiger partial charge in [-0.15, -0.1) is 0 Å². The number of para-hydroxylation sites is 1. The predicted molar refractivity (Wildman–Crippen MR) is 88.2 cm³/mol. The largest absolute Gasteiger partial charge is 0.398 e. The first kappa shape index (κ1) is 12.0. The van der Waals surface area contributed by atoms with Crippen LogP contribution in [0.5, 0.6) is 0 Å². The summed E-state index contributed by atoms with van der Waals surface area (Å²) in [7, 11) is 0. The summed E-state index contributed by atoms with van der Waals surface area (Å²) in [6, 6.07) is 18.4. The standard InChI is InChI=1S/C18H15N3/c1-11-8-13-9-12(6-7-16(13)20-11)18-10-15(19)14-4-2-3-5-17(14)21-18/h2-10,20H,1H3,(H2,19,21). The molecule has 2 heterocycles. The number of pyridine rings is 1. The van der Waals surface area contributed by atoms with Gasteiger partial charge in [0.2, 0.25) is 0 Å². The molecule has 102 valence electrons. The van der Waals surface area contributed by atoms with E-state index in [1.54, 1.807) is 0 Å². The summed E-state index contributed by atoms with van der Waals surface area (Å²) in [6.45, 7) is 2.06. The van der Waals surface area contributed by atoms with Gasteiger partial charge in [0.25, 0.3) is 0 Å². The van der Waals surface area contributed by atoms with E-state index in [0.717, 1.165) is 39.1 Å². The highest BCUT2D eigenvalue weighted by Gasteiger charge is 2.06. The summed E-state index contributed by atoms with van der Waals surface area (Å²) in [4.78, 5) is 8.06. The Kier molecular flexibility index (Phi) is 2.48. The summed E-state index contributed by atoms with van der Waals surface area (Å²) >= 11 is 0. The van der Waals surface area contributed by atoms with Gasteiger partial charge in [0.1, 0.15) is 0 Å². The van der Waals surface area contributed by atoms with Crippen molar-refractivity contribution in [1.29, 1.82) is 0 Å². The van der Waals surface area contributed by atoms with Gasteiger partial charge in [-0.3, -0.25) is 0 Å². The van der Waals surface area contributed by atoms with Crippen molar-refractivity contribution >= 4 is 27.5 Å². The van der Waals surface area contributed by atoms with Gasteiger partial charge in [0.05, 0.1) is 11.2 Å². The Morgan fingerprint density at radius 1 is 1.00 bits per heavy atom. The van der Waals surface area contributed by atoms with Crippen LogP contribution in [0, 0.1) is 6.92 Å². The molecule has 2 aromatic heterocycles. The lowest BCUT2D eigenvalue weighted by molar-refractivity contribution is 1.30. The maximum atomic E-state index is 6.16. The van der Waals surface area contributed by atoms with Crippen molar-refractivity contribution in [3.8, 4) is 11.3 Å². The average Bonchev–Trinajstić information content (AvgIpc) is 2.86. The Bertz CT molecular complexity index is 967. The number of fused-ring (bicyclic) bond motifs is 2. The molecule has 0 spiro atoms. The summed E-state index contributed by atoms with van der Waals surface area (Å²) in [5, 5.41) is 2.19. The number of anilines is 1. The van der Waals surface area contributed by atoms with E-state index in [1.807, 2.05) is 30.3 Å². The van der Waals surface area contributed by atoms with Crippen molar-refractivity contribution in [1.82, 2.24) is 9.97 Å². The Labute approximate surface area is 122 Å². The van der Waals surface area contributed by atoms with Crippen molar-refractivity contribution in [2.45, 2.75) is 6.92 Å². The number of benzene rings is 2. The fourth-order valence-electron chi connectivity index (χ4n) is 2.79. The van der Waals surface area contributed by atoms with E-state index >= 15 is 0 Å². The molecular formula is C18H15N3. The van der Waals surface area contributed by atoms with Gasteiger partial charge in [-0.2, -0.15) is 0 Å². The quantitative estimate of drug-likeness (QED) is 0.544. The zero-order valence-corrected chi connectivity index (χ0v) is 11.7. The molecule has 0 saturated carbocycles. The third-order valence-corrected chi connectivity index (χ3v) is 3.80. The molecule has 2 aromatic carbocycles. The third kappa shape index (κ3) is 1.94. The maximum absolute atomic E-state index is 6.16. The van der Waals surface area contributed by atoms with Gasteiger partial charge in [0, 0.05) is 33.2 Å². The Balaban J connectivity index is 1.94. The second-order valence-electron chi connectivity index (χ2n) is 5.37. The van der Waals surface area contributed by atoms with Gasteiger partial charge >= 0.3 is 0 Å². The van der Waals surface area contributed by atoms with Crippen LogP contribution in [0.15, 0.2) is 54.6 Å². The van der Waals surface area contributed by atoms with E-state index < -0.39 is 0 Å². The third-order valence-electron chi connectivity index (χ3n) is 3.80. The zero-order chi connectivity index (χ0) is 14.4. The molecule has 21 heavy (non-hydrogen) atoms. The Hall–Kier alpha value is -2.81. The van der Waals surface area contributed by atoms with Crippen molar-refractivity contribution in [2.24, 2.45) is 0 Å². The lowest BCUT2D eigenvalue weighted by Gasteiger charge is -2.06.